The van der Waals surface area contributed by atoms with Gasteiger partial charge in [0, 0.05) is 23.5 Å². The Morgan fingerprint density at radius 1 is 1.22 bits per heavy atom. The molecule has 164 valence electrons. The van der Waals surface area contributed by atoms with E-state index in [1.807, 2.05) is 24.3 Å². The second-order valence-electron chi connectivity index (χ2n) is 6.88. The third-order valence-electron chi connectivity index (χ3n) is 4.82. The summed E-state index contributed by atoms with van der Waals surface area (Å²) in [5, 5.41) is 25.1. The van der Waals surface area contributed by atoms with E-state index in [2.05, 4.69) is 25.8 Å². The van der Waals surface area contributed by atoms with Gasteiger partial charge in [-0.1, -0.05) is 30.0 Å². The van der Waals surface area contributed by atoms with Crippen molar-refractivity contribution in [1.82, 2.24) is 30.5 Å². The highest BCUT2D eigenvalue weighted by atomic mass is 32.2. The molecule has 0 bridgehead atoms. The number of carbonyl (C=O) groups is 2. The predicted octanol–water partition coefficient (Wildman–Crippen LogP) is 2.06. The number of benzene rings is 2. The minimum atomic E-state index is -1.10. The van der Waals surface area contributed by atoms with E-state index in [1.54, 1.807) is 37.6 Å². The Kier molecular flexibility index (Phi) is 6.36. The quantitative estimate of drug-likeness (QED) is 0.329. The Morgan fingerprint density at radius 2 is 2.00 bits per heavy atom. The molecule has 4 aromatic rings. The number of aromatic amines is 1. The van der Waals surface area contributed by atoms with Gasteiger partial charge in [0.2, 0.25) is 11.1 Å². The highest BCUT2D eigenvalue weighted by Gasteiger charge is 2.22. The first-order valence-corrected chi connectivity index (χ1v) is 10.7. The van der Waals surface area contributed by atoms with E-state index < -0.39 is 17.9 Å². The van der Waals surface area contributed by atoms with E-state index in [4.69, 9.17) is 4.74 Å². The number of nitrogens with zero attached hydrogens (tertiary/aromatic N) is 4. The lowest BCUT2D eigenvalue weighted by Crippen LogP contribution is -2.43. The van der Waals surface area contributed by atoms with Gasteiger partial charge in [-0.3, -0.25) is 4.79 Å². The Morgan fingerprint density at radius 3 is 2.75 bits per heavy atom. The largest absolute Gasteiger partial charge is 0.497 e. The molecular weight excluding hydrogens is 432 g/mol. The van der Waals surface area contributed by atoms with Crippen LogP contribution in [-0.2, 0) is 16.0 Å². The van der Waals surface area contributed by atoms with Crippen LogP contribution < -0.4 is 10.1 Å². The third kappa shape index (κ3) is 4.72. The second-order valence-corrected chi connectivity index (χ2v) is 7.82. The minimum absolute atomic E-state index is 0.0335. The molecule has 10 nitrogen and oxygen atoms in total. The molecule has 11 heteroatoms. The number of H-pyrrole nitrogens is 1. The smallest absolute Gasteiger partial charge is 0.326 e. The van der Waals surface area contributed by atoms with Crippen molar-refractivity contribution in [1.29, 1.82) is 0 Å². The predicted molar refractivity (Wildman–Crippen MR) is 118 cm³/mol. The number of tetrazole rings is 1. The average Bonchev–Trinajstić information content (AvgIpc) is 3.44. The summed E-state index contributed by atoms with van der Waals surface area (Å²) < 4.78 is 6.64. The lowest BCUT2D eigenvalue weighted by Gasteiger charge is -2.14. The number of fused-ring (bicyclic) bond motifs is 1. The monoisotopic (exact) mass is 452 g/mol. The van der Waals surface area contributed by atoms with Gasteiger partial charge >= 0.3 is 5.97 Å². The van der Waals surface area contributed by atoms with Crippen LogP contribution in [0.4, 0.5) is 0 Å². The maximum Gasteiger partial charge on any atom is 0.326 e. The maximum absolute atomic E-state index is 12.5. The standard InChI is InChI=1S/C21H20N6O4S/c1-31-15-8-6-14(7-9-15)27-21(24-25-26-27)32-12-19(28)23-18(20(29)30)10-13-11-22-17-5-3-2-4-16(13)17/h2-9,11,18,22H,10,12H2,1H3,(H,23,28)(H,29,30)/t18-/m0/s1. The molecule has 0 saturated heterocycles. The van der Waals surface area contributed by atoms with E-state index in [1.165, 1.54) is 4.68 Å². The molecule has 2 heterocycles. The lowest BCUT2D eigenvalue weighted by atomic mass is 10.1. The van der Waals surface area contributed by atoms with Crippen LogP contribution in [0.1, 0.15) is 5.56 Å². The number of hydrogen-bond acceptors (Lipinski definition) is 7. The van der Waals surface area contributed by atoms with Crippen molar-refractivity contribution in [2.45, 2.75) is 17.6 Å². The fraction of sp³-hybridized carbons (Fsp3) is 0.190. The van der Waals surface area contributed by atoms with E-state index in [-0.39, 0.29) is 12.2 Å². The normalized spacial score (nSPS) is 11.9. The molecule has 2 aromatic carbocycles. The summed E-state index contributed by atoms with van der Waals surface area (Å²) in [4.78, 5) is 27.3. The molecule has 0 aliphatic heterocycles. The first kappa shape index (κ1) is 21.4. The molecule has 2 aromatic heterocycles. The Bertz CT molecular complexity index is 1240. The number of thioether (sulfide) groups is 1. The fourth-order valence-corrected chi connectivity index (χ4v) is 3.94. The van der Waals surface area contributed by atoms with Crippen molar-refractivity contribution in [3.8, 4) is 11.4 Å². The summed E-state index contributed by atoms with van der Waals surface area (Å²) in [6.45, 7) is 0. The van der Waals surface area contributed by atoms with Gasteiger partial charge in [0.15, 0.2) is 0 Å². The van der Waals surface area contributed by atoms with Crippen LogP contribution in [0.5, 0.6) is 5.75 Å². The van der Waals surface area contributed by atoms with Crippen molar-refractivity contribution < 1.29 is 19.4 Å². The van der Waals surface area contributed by atoms with Crippen LogP contribution in [0.25, 0.3) is 16.6 Å². The SMILES string of the molecule is COc1ccc(-n2nnnc2SCC(=O)N[C@@H](Cc2c[nH]c3ccccc23)C(=O)O)cc1. The van der Waals surface area contributed by atoms with Crippen molar-refractivity contribution in [3.63, 3.8) is 0 Å². The van der Waals surface area contributed by atoms with Gasteiger partial charge in [0.25, 0.3) is 0 Å². The van der Waals surface area contributed by atoms with Crippen molar-refractivity contribution >= 4 is 34.5 Å². The molecule has 0 saturated carbocycles. The zero-order valence-electron chi connectivity index (χ0n) is 17.1. The van der Waals surface area contributed by atoms with Crippen LogP contribution in [-0.4, -0.2) is 61.1 Å². The number of methoxy groups -OCH3 is 1. The number of hydrogen-bond donors (Lipinski definition) is 3. The third-order valence-corrected chi connectivity index (χ3v) is 5.74. The highest BCUT2D eigenvalue weighted by Crippen LogP contribution is 2.21. The van der Waals surface area contributed by atoms with E-state index in [9.17, 15) is 14.7 Å². The number of ether oxygens (including phenoxy) is 1. The fourth-order valence-electron chi connectivity index (χ4n) is 3.24. The molecule has 1 atom stereocenters. The first-order chi connectivity index (χ1) is 15.5. The number of nitrogens with one attached hydrogen (secondary N) is 2. The van der Waals surface area contributed by atoms with Gasteiger partial charge in [-0.25, -0.2) is 4.79 Å². The second kappa shape index (κ2) is 9.52. The van der Waals surface area contributed by atoms with Gasteiger partial charge in [-0.2, -0.15) is 4.68 Å². The Balaban J connectivity index is 1.39. The molecule has 4 rings (SSSR count). The summed E-state index contributed by atoms with van der Waals surface area (Å²) in [5.74, 6) is -0.859. The maximum atomic E-state index is 12.5. The van der Waals surface area contributed by atoms with E-state index in [0.717, 1.165) is 28.2 Å². The molecule has 3 N–H and O–H groups in total. The van der Waals surface area contributed by atoms with Gasteiger partial charge in [-0.15, -0.1) is 5.10 Å². The zero-order chi connectivity index (χ0) is 22.5. The number of carboxylic acids is 1. The average molecular weight is 452 g/mol. The van der Waals surface area contributed by atoms with Crippen LogP contribution >= 0.6 is 11.8 Å². The van der Waals surface area contributed by atoms with Crippen molar-refractivity contribution in [3.05, 3.63) is 60.3 Å². The number of rotatable bonds is 9. The number of carboxylic acid groups (broad SMARTS) is 1. The molecule has 32 heavy (non-hydrogen) atoms. The minimum Gasteiger partial charge on any atom is -0.497 e. The van der Waals surface area contributed by atoms with Crippen LogP contribution in [0.15, 0.2) is 59.9 Å². The summed E-state index contributed by atoms with van der Waals surface area (Å²) in [5.41, 5.74) is 2.45. The lowest BCUT2D eigenvalue weighted by molar-refractivity contribution is -0.141. The summed E-state index contributed by atoms with van der Waals surface area (Å²) in [6, 6.07) is 13.7. The molecule has 1 amide bonds. The zero-order valence-corrected chi connectivity index (χ0v) is 17.9. The molecule has 0 fully saturated rings. The molecule has 0 spiro atoms. The van der Waals surface area contributed by atoms with Crippen LogP contribution in [0, 0.1) is 0 Å². The van der Waals surface area contributed by atoms with Crippen molar-refractivity contribution in [2.75, 3.05) is 12.9 Å². The molecule has 0 aliphatic carbocycles. The van der Waals surface area contributed by atoms with E-state index in [0.29, 0.717) is 16.6 Å². The number of aromatic nitrogens is 5. The molecule has 0 unspecified atom stereocenters. The number of amides is 1. The van der Waals surface area contributed by atoms with Crippen LogP contribution in [0.2, 0.25) is 0 Å². The van der Waals surface area contributed by atoms with E-state index >= 15 is 0 Å². The Labute approximate surface area is 187 Å². The van der Waals surface area contributed by atoms with Gasteiger partial charge < -0.3 is 20.1 Å². The number of carbonyl (C=O) groups excluding carboxylic acids is 1. The summed E-state index contributed by atoms with van der Waals surface area (Å²) in [6.07, 6.45) is 1.93. The summed E-state index contributed by atoms with van der Waals surface area (Å²) in [7, 11) is 1.58. The topological polar surface area (TPSA) is 135 Å². The number of para-hydroxylation sites is 1. The van der Waals surface area contributed by atoms with Gasteiger partial charge in [0.1, 0.15) is 11.8 Å². The molecule has 0 radical (unpaired) electrons. The highest BCUT2D eigenvalue weighted by molar-refractivity contribution is 7.99. The number of aliphatic carboxylic acids is 1. The van der Waals surface area contributed by atoms with Gasteiger partial charge in [-0.05, 0) is 46.3 Å². The van der Waals surface area contributed by atoms with Gasteiger partial charge in [0.05, 0.1) is 18.6 Å². The Hall–Kier alpha value is -3.86. The molecular formula is C21H20N6O4S. The van der Waals surface area contributed by atoms with Crippen molar-refractivity contribution in [2.24, 2.45) is 0 Å². The first-order valence-electron chi connectivity index (χ1n) is 9.68. The molecule has 0 aliphatic rings. The summed E-state index contributed by atoms with van der Waals surface area (Å²) >= 11 is 1.12. The van der Waals surface area contributed by atoms with Crippen LogP contribution in [0.3, 0.4) is 0 Å².